The molecule has 0 radical (unpaired) electrons. The smallest absolute Gasteiger partial charge is 0.200 e. The van der Waals surface area contributed by atoms with Gasteiger partial charge in [-0.2, -0.15) is 0 Å². The first-order chi connectivity index (χ1) is 12.6. The summed E-state index contributed by atoms with van der Waals surface area (Å²) in [5, 5.41) is 10.1. The summed E-state index contributed by atoms with van der Waals surface area (Å²) < 4.78 is 10.5. The largest absolute Gasteiger partial charge is 0.502 e. The minimum Gasteiger partial charge on any atom is -0.502 e. The molecule has 138 valence electrons. The van der Waals surface area contributed by atoms with Gasteiger partial charge in [0, 0.05) is 38.3 Å². The van der Waals surface area contributed by atoms with Gasteiger partial charge in [0.1, 0.15) is 4.99 Å². The fraction of sp³-hybridized carbons (Fsp3) is 0.350. The molecular weight excluding hydrogens is 348 g/mol. The molecule has 6 heteroatoms. The number of nitrogens with zero attached hydrogens (tertiary/aromatic N) is 2. The lowest BCUT2D eigenvalue weighted by Gasteiger charge is -2.36. The highest BCUT2D eigenvalue weighted by Gasteiger charge is 2.22. The average molecular weight is 372 g/mol. The molecule has 0 atom stereocenters. The summed E-state index contributed by atoms with van der Waals surface area (Å²) in [6, 6.07) is 14.0. The Labute approximate surface area is 159 Å². The standard InChI is InChI=1S/C20H24N2O3S/c1-24-17-12-16(13-18(25-2)19(17)23)20(26)22-10-8-21(9-11-22)14-15-6-4-3-5-7-15/h3-7,12-13,23H,8-11,14H2,1-2H3. The number of phenolic OH excluding ortho intramolecular Hbond substituents is 1. The first-order valence-corrected chi connectivity index (χ1v) is 9.03. The normalized spacial score (nSPS) is 14.9. The van der Waals surface area contributed by atoms with Crippen molar-refractivity contribution in [3.05, 3.63) is 53.6 Å². The van der Waals surface area contributed by atoms with Gasteiger partial charge in [0.05, 0.1) is 14.2 Å². The molecule has 1 fully saturated rings. The molecule has 0 unspecified atom stereocenters. The second-order valence-corrected chi connectivity index (χ2v) is 6.67. The minimum absolute atomic E-state index is 0.00534. The van der Waals surface area contributed by atoms with E-state index in [4.69, 9.17) is 21.7 Å². The fourth-order valence-electron chi connectivity index (χ4n) is 3.15. The first kappa shape index (κ1) is 18.5. The van der Waals surface area contributed by atoms with Crippen molar-refractivity contribution in [3.8, 4) is 17.2 Å². The molecule has 1 saturated heterocycles. The van der Waals surface area contributed by atoms with Gasteiger partial charge in [-0.1, -0.05) is 42.5 Å². The van der Waals surface area contributed by atoms with Gasteiger partial charge in [0.25, 0.3) is 0 Å². The molecule has 0 amide bonds. The lowest BCUT2D eigenvalue weighted by atomic mass is 10.1. The molecule has 26 heavy (non-hydrogen) atoms. The Bertz CT molecular complexity index is 734. The minimum atomic E-state index is -0.00534. The van der Waals surface area contributed by atoms with E-state index in [-0.39, 0.29) is 5.75 Å². The molecule has 3 rings (SSSR count). The zero-order chi connectivity index (χ0) is 18.5. The topological polar surface area (TPSA) is 45.2 Å². The monoisotopic (exact) mass is 372 g/mol. The van der Waals surface area contributed by atoms with Crippen molar-refractivity contribution in [1.82, 2.24) is 9.80 Å². The van der Waals surface area contributed by atoms with Gasteiger partial charge in [0.15, 0.2) is 11.5 Å². The second kappa shape index (κ2) is 8.38. The Morgan fingerprint density at radius 3 is 2.12 bits per heavy atom. The third-order valence-corrected chi connectivity index (χ3v) is 5.13. The summed E-state index contributed by atoms with van der Waals surface area (Å²) in [6.45, 7) is 4.62. The molecule has 1 heterocycles. The number of phenols is 1. The molecule has 5 nitrogen and oxygen atoms in total. The van der Waals surface area contributed by atoms with Crippen LogP contribution in [0.4, 0.5) is 0 Å². The van der Waals surface area contributed by atoms with Gasteiger partial charge in [-0.05, 0) is 17.7 Å². The molecule has 0 spiro atoms. The van der Waals surface area contributed by atoms with Crippen molar-refractivity contribution < 1.29 is 14.6 Å². The maximum atomic E-state index is 10.1. The predicted octanol–water partition coefficient (Wildman–Crippen LogP) is 2.90. The van der Waals surface area contributed by atoms with Crippen LogP contribution >= 0.6 is 12.2 Å². The summed E-state index contributed by atoms with van der Waals surface area (Å²) in [6.07, 6.45) is 0. The molecule has 0 aromatic heterocycles. The van der Waals surface area contributed by atoms with Crippen LogP contribution in [-0.2, 0) is 6.54 Å². The molecule has 0 aliphatic carbocycles. The van der Waals surface area contributed by atoms with Crippen LogP contribution in [0.15, 0.2) is 42.5 Å². The Kier molecular flexibility index (Phi) is 5.96. The third kappa shape index (κ3) is 4.08. The molecule has 2 aromatic rings. The van der Waals surface area contributed by atoms with E-state index in [0.29, 0.717) is 11.5 Å². The lowest BCUT2D eigenvalue weighted by molar-refractivity contribution is 0.177. The van der Waals surface area contributed by atoms with Crippen LogP contribution in [0.5, 0.6) is 17.2 Å². The van der Waals surface area contributed by atoms with E-state index >= 15 is 0 Å². The molecular formula is C20H24N2O3S. The van der Waals surface area contributed by atoms with E-state index in [0.717, 1.165) is 43.3 Å². The average Bonchev–Trinajstić information content (AvgIpc) is 2.69. The van der Waals surface area contributed by atoms with Crippen LogP contribution in [0.2, 0.25) is 0 Å². The van der Waals surface area contributed by atoms with Crippen LogP contribution in [-0.4, -0.2) is 60.3 Å². The SMILES string of the molecule is COc1cc(C(=S)N2CCN(Cc3ccccc3)CC2)cc(OC)c1O. The summed E-state index contributed by atoms with van der Waals surface area (Å²) in [5.41, 5.74) is 2.15. The number of rotatable bonds is 5. The van der Waals surface area contributed by atoms with Crippen molar-refractivity contribution in [2.75, 3.05) is 40.4 Å². The van der Waals surface area contributed by atoms with Crippen LogP contribution in [0.1, 0.15) is 11.1 Å². The van der Waals surface area contributed by atoms with Crippen LogP contribution in [0.25, 0.3) is 0 Å². The summed E-state index contributed by atoms with van der Waals surface area (Å²) in [5.74, 6) is 0.725. The van der Waals surface area contributed by atoms with Crippen molar-refractivity contribution in [1.29, 1.82) is 0 Å². The summed E-state index contributed by atoms with van der Waals surface area (Å²) >= 11 is 5.68. The lowest BCUT2D eigenvalue weighted by Crippen LogP contribution is -2.48. The van der Waals surface area contributed by atoms with Gasteiger partial charge in [-0.25, -0.2) is 0 Å². The van der Waals surface area contributed by atoms with E-state index in [1.165, 1.54) is 19.8 Å². The summed E-state index contributed by atoms with van der Waals surface area (Å²) in [4.78, 5) is 5.38. The van der Waals surface area contributed by atoms with E-state index < -0.39 is 0 Å². The number of hydrogen-bond acceptors (Lipinski definition) is 5. The van der Waals surface area contributed by atoms with Crippen LogP contribution in [0.3, 0.4) is 0 Å². The van der Waals surface area contributed by atoms with E-state index in [9.17, 15) is 5.11 Å². The van der Waals surface area contributed by atoms with E-state index in [1.807, 2.05) is 6.07 Å². The molecule has 2 aromatic carbocycles. The number of benzene rings is 2. The molecule has 0 saturated carbocycles. The van der Waals surface area contributed by atoms with Gasteiger partial charge < -0.3 is 19.5 Å². The fourth-order valence-corrected chi connectivity index (χ4v) is 3.45. The first-order valence-electron chi connectivity index (χ1n) is 8.63. The van der Waals surface area contributed by atoms with Gasteiger partial charge >= 0.3 is 0 Å². The van der Waals surface area contributed by atoms with Gasteiger partial charge in [-0.3, -0.25) is 4.90 Å². The molecule has 1 N–H and O–H groups in total. The van der Waals surface area contributed by atoms with Crippen LogP contribution < -0.4 is 9.47 Å². The third-order valence-electron chi connectivity index (χ3n) is 4.64. The second-order valence-electron chi connectivity index (χ2n) is 6.28. The zero-order valence-corrected chi connectivity index (χ0v) is 16.0. The zero-order valence-electron chi connectivity index (χ0n) is 15.1. The van der Waals surface area contributed by atoms with Crippen molar-refractivity contribution in [3.63, 3.8) is 0 Å². The Morgan fingerprint density at radius 2 is 1.58 bits per heavy atom. The van der Waals surface area contributed by atoms with E-state index in [2.05, 4.69) is 34.1 Å². The van der Waals surface area contributed by atoms with Crippen molar-refractivity contribution >= 4 is 17.2 Å². The number of piperazine rings is 1. The van der Waals surface area contributed by atoms with Gasteiger partial charge in [0.2, 0.25) is 5.75 Å². The van der Waals surface area contributed by atoms with E-state index in [1.54, 1.807) is 12.1 Å². The highest BCUT2D eigenvalue weighted by atomic mass is 32.1. The highest BCUT2D eigenvalue weighted by molar-refractivity contribution is 7.80. The Morgan fingerprint density at radius 1 is 1.00 bits per heavy atom. The maximum Gasteiger partial charge on any atom is 0.200 e. The maximum absolute atomic E-state index is 10.1. The summed E-state index contributed by atoms with van der Waals surface area (Å²) in [7, 11) is 3.04. The molecule has 1 aliphatic heterocycles. The number of thiocarbonyl (C=S) groups is 1. The molecule has 0 bridgehead atoms. The van der Waals surface area contributed by atoms with Gasteiger partial charge in [-0.15, -0.1) is 0 Å². The van der Waals surface area contributed by atoms with Crippen molar-refractivity contribution in [2.45, 2.75) is 6.54 Å². The number of ether oxygens (including phenoxy) is 2. The van der Waals surface area contributed by atoms with Crippen molar-refractivity contribution in [2.24, 2.45) is 0 Å². The Balaban J connectivity index is 1.65. The number of methoxy groups -OCH3 is 2. The number of aromatic hydroxyl groups is 1. The molecule has 1 aliphatic rings. The number of hydrogen-bond donors (Lipinski definition) is 1. The van der Waals surface area contributed by atoms with Crippen LogP contribution in [0, 0.1) is 0 Å². The highest BCUT2D eigenvalue weighted by Crippen LogP contribution is 2.37. The Hall–Kier alpha value is -2.31. The quantitative estimate of drug-likeness (QED) is 0.815. The predicted molar refractivity (Wildman–Crippen MR) is 106 cm³/mol.